The van der Waals surface area contributed by atoms with Crippen LogP contribution < -0.4 is 10.7 Å². The molecular weight excluding hydrogens is 254 g/mol. The molecule has 5 nitrogen and oxygen atoms in total. The zero-order valence-electron chi connectivity index (χ0n) is 11.5. The highest BCUT2D eigenvalue weighted by Gasteiger charge is 2.13. The van der Waals surface area contributed by atoms with Crippen molar-refractivity contribution >= 4 is 12.1 Å². The van der Waals surface area contributed by atoms with Crippen molar-refractivity contribution in [2.24, 2.45) is 5.10 Å². The van der Waals surface area contributed by atoms with E-state index in [9.17, 15) is 9.90 Å². The summed E-state index contributed by atoms with van der Waals surface area (Å²) in [5, 5.41) is 16.6. The Balaban J connectivity index is 1.70. The molecule has 0 atom stereocenters. The topological polar surface area (TPSA) is 73.7 Å². The van der Waals surface area contributed by atoms with Crippen LogP contribution in [0.5, 0.6) is 5.75 Å². The van der Waals surface area contributed by atoms with Crippen LogP contribution in [0.15, 0.2) is 29.4 Å². The fourth-order valence-electron chi connectivity index (χ4n) is 2.35. The lowest BCUT2D eigenvalue weighted by molar-refractivity contribution is -0.120. The minimum Gasteiger partial charge on any atom is -0.507 e. The molecule has 0 spiro atoms. The number of hydrogen-bond acceptors (Lipinski definition) is 4. The Labute approximate surface area is 119 Å². The Bertz CT molecular complexity index is 468. The largest absolute Gasteiger partial charge is 0.507 e. The van der Waals surface area contributed by atoms with Crippen LogP contribution in [0.2, 0.25) is 0 Å². The van der Waals surface area contributed by atoms with Gasteiger partial charge >= 0.3 is 0 Å². The fourth-order valence-corrected chi connectivity index (χ4v) is 2.35. The Kier molecular flexibility index (Phi) is 5.55. The molecule has 0 aromatic heterocycles. The van der Waals surface area contributed by atoms with Gasteiger partial charge in [0.05, 0.1) is 12.8 Å². The van der Waals surface area contributed by atoms with Crippen molar-refractivity contribution in [2.45, 2.75) is 38.1 Å². The molecule has 1 amide bonds. The lowest BCUT2D eigenvalue weighted by Gasteiger charge is -2.22. The summed E-state index contributed by atoms with van der Waals surface area (Å²) < 4.78 is 0. The van der Waals surface area contributed by atoms with Gasteiger partial charge in [0.1, 0.15) is 5.75 Å². The van der Waals surface area contributed by atoms with E-state index < -0.39 is 0 Å². The smallest absolute Gasteiger partial charge is 0.254 e. The molecule has 0 aliphatic heterocycles. The number of phenolic OH excluding ortho intramolecular Hbond substituents is 1. The van der Waals surface area contributed by atoms with E-state index in [4.69, 9.17) is 0 Å². The molecular formula is C15H21N3O2. The number of hydrazone groups is 1. The van der Waals surface area contributed by atoms with Crippen LogP contribution >= 0.6 is 0 Å². The summed E-state index contributed by atoms with van der Waals surface area (Å²) in [5.74, 6) is -0.0203. The number of para-hydroxylation sites is 1. The summed E-state index contributed by atoms with van der Waals surface area (Å²) in [7, 11) is 0. The van der Waals surface area contributed by atoms with Gasteiger partial charge in [-0.05, 0) is 25.0 Å². The fraction of sp³-hybridized carbons (Fsp3) is 0.467. The lowest BCUT2D eigenvalue weighted by atomic mass is 9.95. The molecule has 20 heavy (non-hydrogen) atoms. The molecule has 3 N–H and O–H groups in total. The van der Waals surface area contributed by atoms with Crippen molar-refractivity contribution in [2.75, 3.05) is 6.54 Å². The minimum absolute atomic E-state index is 0.144. The SMILES string of the molecule is O=C(CNC1CCCCC1)N/N=C\c1ccccc1O. The van der Waals surface area contributed by atoms with E-state index in [1.54, 1.807) is 24.3 Å². The third-order valence-corrected chi connectivity index (χ3v) is 3.49. The zero-order valence-corrected chi connectivity index (χ0v) is 11.5. The summed E-state index contributed by atoms with van der Waals surface area (Å²) in [4.78, 5) is 11.6. The molecule has 1 aliphatic rings. The molecule has 0 heterocycles. The average molecular weight is 275 g/mol. The average Bonchev–Trinajstić information content (AvgIpc) is 2.48. The van der Waals surface area contributed by atoms with E-state index in [-0.39, 0.29) is 18.2 Å². The van der Waals surface area contributed by atoms with Crippen LogP contribution in [0.1, 0.15) is 37.7 Å². The Hall–Kier alpha value is -1.88. The normalized spacial score (nSPS) is 16.4. The summed E-state index contributed by atoms with van der Waals surface area (Å²) in [6.07, 6.45) is 7.52. The first-order valence-corrected chi connectivity index (χ1v) is 7.09. The number of nitrogens with one attached hydrogen (secondary N) is 2. The molecule has 1 aromatic rings. The van der Waals surface area contributed by atoms with Crippen LogP contribution in [-0.4, -0.2) is 29.8 Å². The minimum atomic E-state index is -0.165. The zero-order chi connectivity index (χ0) is 14.2. The number of carbonyl (C=O) groups is 1. The Morgan fingerprint density at radius 3 is 2.80 bits per heavy atom. The van der Waals surface area contributed by atoms with E-state index in [1.165, 1.54) is 25.5 Å². The lowest BCUT2D eigenvalue weighted by Crippen LogP contribution is -2.38. The first-order valence-electron chi connectivity index (χ1n) is 7.09. The van der Waals surface area contributed by atoms with Crippen LogP contribution in [0.4, 0.5) is 0 Å². The predicted molar refractivity (Wildman–Crippen MR) is 78.7 cm³/mol. The van der Waals surface area contributed by atoms with Gasteiger partial charge in [0.25, 0.3) is 5.91 Å². The monoisotopic (exact) mass is 275 g/mol. The molecule has 2 rings (SSSR count). The molecule has 108 valence electrons. The standard InChI is InChI=1S/C15H21N3O2/c19-14-9-5-4-6-12(14)10-17-18-15(20)11-16-13-7-2-1-3-8-13/h4-6,9-10,13,16,19H,1-3,7-8,11H2,(H,18,20)/b17-10-. The van der Waals surface area contributed by atoms with Gasteiger partial charge in [-0.2, -0.15) is 5.10 Å². The Morgan fingerprint density at radius 1 is 1.30 bits per heavy atom. The van der Waals surface area contributed by atoms with E-state index in [1.807, 2.05) is 0 Å². The van der Waals surface area contributed by atoms with Gasteiger partial charge in [0, 0.05) is 11.6 Å². The van der Waals surface area contributed by atoms with Crippen molar-refractivity contribution in [3.63, 3.8) is 0 Å². The highest BCUT2D eigenvalue weighted by Crippen LogP contribution is 2.17. The summed E-state index contributed by atoms with van der Waals surface area (Å²) in [6.45, 7) is 0.281. The first kappa shape index (κ1) is 14.5. The summed E-state index contributed by atoms with van der Waals surface area (Å²) in [6, 6.07) is 7.29. The number of hydrogen-bond donors (Lipinski definition) is 3. The van der Waals surface area contributed by atoms with Gasteiger partial charge in [-0.1, -0.05) is 31.4 Å². The van der Waals surface area contributed by atoms with Crippen molar-refractivity contribution in [3.8, 4) is 5.75 Å². The van der Waals surface area contributed by atoms with E-state index in [0.717, 1.165) is 12.8 Å². The summed E-state index contributed by atoms with van der Waals surface area (Å²) in [5.41, 5.74) is 3.03. The van der Waals surface area contributed by atoms with Gasteiger partial charge < -0.3 is 10.4 Å². The number of nitrogens with zero attached hydrogens (tertiary/aromatic N) is 1. The van der Waals surface area contributed by atoms with E-state index >= 15 is 0 Å². The molecule has 1 fully saturated rings. The number of amides is 1. The van der Waals surface area contributed by atoms with Gasteiger partial charge in [-0.3, -0.25) is 4.79 Å². The number of carbonyl (C=O) groups excluding carboxylic acids is 1. The maximum atomic E-state index is 11.6. The van der Waals surface area contributed by atoms with Crippen LogP contribution in [0.25, 0.3) is 0 Å². The second kappa shape index (κ2) is 7.65. The maximum Gasteiger partial charge on any atom is 0.254 e. The van der Waals surface area contributed by atoms with Crippen LogP contribution in [0.3, 0.4) is 0 Å². The van der Waals surface area contributed by atoms with E-state index in [0.29, 0.717) is 11.6 Å². The van der Waals surface area contributed by atoms with Crippen LogP contribution in [0, 0.1) is 0 Å². The van der Waals surface area contributed by atoms with Crippen molar-refractivity contribution in [3.05, 3.63) is 29.8 Å². The third kappa shape index (κ3) is 4.66. The van der Waals surface area contributed by atoms with Crippen molar-refractivity contribution in [1.82, 2.24) is 10.7 Å². The van der Waals surface area contributed by atoms with Crippen molar-refractivity contribution < 1.29 is 9.90 Å². The molecule has 0 bridgehead atoms. The molecule has 0 unspecified atom stereocenters. The molecule has 5 heteroatoms. The summed E-state index contributed by atoms with van der Waals surface area (Å²) >= 11 is 0. The highest BCUT2D eigenvalue weighted by atomic mass is 16.3. The van der Waals surface area contributed by atoms with Gasteiger partial charge in [0.2, 0.25) is 0 Å². The van der Waals surface area contributed by atoms with Gasteiger partial charge in [-0.15, -0.1) is 0 Å². The molecule has 1 aliphatic carbocycles. The highest BCUT2D eigenvalue weighted by molar-refractivity contribution is 5.85. The molecule has 0 radical (unpaired) electrons. The van der Waals surface area contributed by atoms with Crippen LogP contribution in [-0.2, 0) is 4.79 Å². The number of benzene rings is 1. The second-order valence-corrected chi connectivity index (χ2v) is 5.07. The van der Waals surface area contributed by atoms with Gasteiger partial charge in [0.15, 0.2) is 0 Å². The third-order valence-electron chi connectivity index (χ3n) is 3.49. The quantitative estimate of drug-likeness (QED) is 0.566. The number of phenols is 1. The molecule has 0 saturated heterocycles. The second-order valence-electron chi connectivity index (χ2n) is 5.07. The maximum absolute atomic E-state index is 11.6. The van der Waals surface area contributed by atoms with Gasteiger partial charge in [-0.25, -0.2) is 5.43 Å². The first-order chi connectivity index (χ1) is 9.75. The van der Waals surface area contributed by atoms with Crippen molar-refractivity contribution in [1.29, 1.82) is 0 Å². The Morgan fingerprint density at radius 2 is 2.05 bits per heavy atom. The van der Waals surface area contributed by atoms with E-state index in [2.05, 4.69) is 15.8 Å². The number of rotatable bonds is 5. The number of aromatic hydroxyl groups is 1. The molecule has 1 saturated carbocycles. The predicted octanol–water partition coefficient (Wildman–Crippen LogP) is 1.76. The molecule has 1 aromatic carbocycles.